The summed E-state index contributed by atoms with van der Waals surface area (Å²) in [6.45, 7) is 3.94. The minimum Gasteiger partial charge on any atom is -0.301 e. The normalized spacial score (nSPS) is 15.7. The molecule has 3 rings (SSSR count). The van der Waals surface area contributed by atoms with E-state index in [9.17, 15) is 22.0 Å². The summed E-state index contributed by atoms with van der Waals surface area (Å²) in [7, 11) is -1.59. The van der Waals surface area contributed by atoms with Crippen LogP contribution in [0.15, 0.2) is 48.5 Å². The number of carbonyl (C=O) groups is 1. The van der Waals surface area contributed by atoms with Crippen LogP contribution in [0, 0.1) is 17.6 Å². The molecule has 1 aromatic carbocycles. The number of sulfone groups is 1. The molecule has 1 aromatic heterocycles. The highest BCUT2D eigenvalue weighted by molar-refractivity contribution is 7.94. The summed E-state index contributed by atoms with van der Waals surface area (Å²) in [4.78, 5) is 17.8. The van der Waals surface area contributed by atoms with Crippen molar-refractivity contribution in [1.82, 2.24) is 15.4 Å². The highest BCUT2D eigenvalue weighted by atomic mass is 32.2. The first-order valence-corrected chi connectivity index (χ1v) is 12.0. The molecule has 1 atom stereocenters. The second kappa shape index (κ2) is 10.3. The molecule has 1 aliphatic rings. The van der Waals surface area contributed by atoms with Crippen molar-refractivity contribution in [2.24, 2.45) is 5.92 Å². The number of pyridine rings is 1. The average Bonchev–Trinajstić information content (AvgIpc) is 2.79. The number of hydroxylamine groups is 1. The Labute approximate surface area is 191 Å². The van der Waals surface area contributed by atoms with Crippen LogP contribution in [0.25, 0.3) is 5.57 Å². The third-order valence-corrected chi connectivity index (χ3v) is 6.79. The van der Waals surface area contributed by atoms with Gasteiger partial charge in [0.1, 0.15) is 17.3 Å². The Morgan fingerprint density at radius 2 is 2.12 bits per heavy atom. The maximum Gasteiger partial charge on any atom is 0.293 e. The summed E-state index contributed by atoms with van der Waals surface area (Å²) in [5, 5.41) is 9.86. The van der Waals surface area contributed by atoms with Gasteiger partial charge < -0.3 is 4.90 Å². The van der Waals surface area contributed by atoms with Gasteiger partial charge in [0.25, 0.3) is 5.91 Å². The Morgan fingerprint density at radius 1 is 1.36 bits per heavy atom. The average molecular weight is 478 g/mol. The van der Waals surface area contributed by atoms with Crippen LogP contribution >= 0.6 is 0 Å². The summed E-state index contributed by atoms with van der Waals surface area (Å²) in [5.41, 5.74) is 4.37. The third kappa shape index (κ3) is 6.31. The molecule has 0 saturated heterocycles. The largest absolute Gasteiger partial charge is 0.301 e. The number of rotatable bonds is 9. The second-order valence-corrected chi connectivity index (χ2v) is 10.1. The first kappa shape index (κ1) is 24.7. The molecule has 0 fully saturated rings. The monoisotopic (exact) mass is 477 g/mol. The van der Waals surface area contributed by atoms with Crippen LogP contribution in [0.1, 0.15) is 27.2 Å². The number of nitrogens with zero attached hydrogens (tertiary/aromatic N) is 2. The van der Waals surface area contributed by atoms with Gasteiger partial charge in [-0.25, -0.2) is 22.7 Å². The lowest BCUT2D eigenvalue weighted by atomic mass is 9.82. The minimum absolute atomic E-state index is 0.0297. The van der Waals surface area contributed by atoms with Gasteiger partial charge in [-0.15, -0.1) is 0 Å². The number of allylic oxidation sites excluding steroid dienone is 1. The number of halogens is 2. The SMILES string of the molecule is C=CS(=O)(=O)CCN(C)CC1=CC(Cc2ccc(F)cc2F)Cc2cnc(C(=O)NO)cc21. The van der Waals surface area contributed by atoms with Crippen LogP contribution < -0.4 is 5.48 Å². The van der Waals surface area contributed by atoms with E-state index in [1.54, 1.807) is 24.8 Å². The summed E-state index contributed by atoms with van der Waals surface area (Å²) in [5.74, 6) is -2.21. The number of fused-ring (bicyclic) bond motifs is 1. The van der Waals surface area contributed by atoms with E-state index in [0.29, 0.717) is 24.9 Å². The Bertz CT molecular complexity index is 1200. The van der Waals surface area contributed by atoms with Gasteiger partial charge in [0, 0.05) is 30.8 Å². The number of benzene rings is 1. The van der Waals surface area contributed by atoms with E-state index in [4.69, 9.17) is 5.21 Å². The number of hydrogen-bond donors (Lipinski definition) is 2. The Morgan fingerprint density at radius 3 is 2.79 bits per heavy atom. The van der Waals surface area contributed by atoms with Gasteiger partial charge in [-0.3, -0.25) is 15.0 Å². The van der Waals surface area contributed by atoms with Crippen molar-refractivity contribution in [2.45, 2.75) is 12.8 Å². The van der Waals surface area contributed by atoms with E-state index in [1.807, 2.05) is 11.0 Å². The van der Waals surface area contributed by atoms with Gasteiger partial charge in [-0.2, -0.15) is 0 Å². The molecular formula is C23H25F2N3O4S. The second-order valence-electron chi connectivity index (χ2n) is 8.04. The number of aromatic nitrogens is 1. The van der Waals surface area contributed by atoms with Gasteiger partial charge in [-0.1, -0.05) is 18.7 Å². The van der Waals surface area contributed by atoms with Crippen LogP contribution in [0.4, 0.5) is 8.78 Å². The van der Waals surface area contributed by atoms with Crippen LogP contribution in [0.5, 0.6) is 0 Å². The molecule has 0 radical (unpaired) electrons. The van der Waals surface area contributed by atoms with E-state index in [1.165, 1.54) is 12.1 Å². The fraction of sp³-hybridized carbons (Fsp3) is 0.304. The number of carbonyl (C=O) groups excluding carboxylic acids is 1. The van der Waals surface area contributed by atoms with Crippen molar-refractivity contribution in [3.05, 3.63) is 82.5 Å². The van der Waals surface area contributed by atoms with Gasteiger partial charge in [0.05, 0.1) is 5.75 Å². The first-order valence-electron chi connectivity index (χ1n) is 10.2. The maximum atomic E-state index is 14.2. The zero-order valence-corrected chi connectivity index (χ0v) is 18.9. The fourth-order valence-corrected chi connectivity index (χ4v) is 4.55. The van der Waals surface area contributed by atoms with Crippen molar-refractivity contribution in [2.75, 3.05) is 25.9 Å². The Balaban J connectivity index is 1.90. The van der Waals surface area contributed by atoms with Gasteiger partial charge in [0.15, 0.2) is 9.84 Å². The lowest BCUT2D eigenvalue weighted by Gasteiger charge is -2.27. The Hall–Kier alpha value is -2.95. The van der Waals surface area contributed by atoms with Crippen molar-refractivity contribution < 1.29 is 27.2 Å². The molecule has 0 aliphatic heterocycles. The summed E-state index contributed by atoms with van der Waals surface area (Å²) in [6.07, 6.45) is 4.37. The smallest absolute Gasteiger partial charge is 0.293 e. The van der Waals surface area contributed by atoms with Crippen molar-refractivity contribution in [3.8, 4) is 0 Å². The summed E-state index contributed by atoms with van der Waals surface area (Å²) < 4.78 is 51.0. The van der Waals surface area contributed by atoms with Gasteiger partial charge in [0.2, 0.25) is 0 Å². The molecule has 7 nitrogen and oxygen atoms in total. The lowest BCUT2D eigenvalue weighted by molar-refractivity contribution is 0.0700. The van der Waals surface area contributed by atoms with Crippen molar-refractivity contribution >= 4 is 21.3 Å². The van der Waals surface area contributed by atoms with Gasteiger partial charge >= 0.3 is 0 Å². The highest BCUT2D eigenvalue weighted by Crippen LogP contribution is 2.32. The number of likely N-dealkylation sites (N-methyl/N-ethyl adjacent to an activating group) is 1. The molecule has 33 heavy (non-hydrogen) atoms. The zero-order chi connectivity index (χ0) is 24.2. The zero-order valence-electron chi connectivity index (χ0n) is 18.1. The van der Waals surface area contributed by atoms with E-state index < -0.39 is 27.4 Å². The molecule has 0 spiro atoms. The molecule has 1 aliphatic carbocycles. The summed E-state index contributed by atoms with van der Waals surface area (Å²) in [6, 6.07) is 5.06. The van der Waals surface area contributed by atoms with E-state index >= 15 is 0 Å². The molecule has 1 amide bonds. The van der Waals surface area contributed by atoms with Crippen LogP contribution in [0.2, 0.25) is 0 Å². The van der Waals surface area contributed by atoms with Crippen LogP contribution in [-0.2, 0) is 22.7 Å². The Kier molecular flexibility index (Phi) is 7.72. The molecule has 10 heteroatoms. The van der Waals surface area contributed by atoms with Crippen LogP contribution in [-0.4, -0.2) is 55.3 Å². The minimum atomic E-state index is -3.36. The van der Waals surface area contributed by atoms with E-state index in [-0.39, 0.29) is 23.9 Å². The molecule has 1 unspecified atom stereocenters. The standard InChI is InChI=1S/C23H25F2N3O4S/c1-3-33(31,32)7-6-28(2)14-18-10-15(8-16-4-5-19(24)11-21(16)25)9-17-13-26-22(12-20(17)18)23(29)27-30/h3-5,10-13,15,30H,1,6-9,14H2,2H3,(H,27,29). The summed E-state index contributed by atoms with van der Waals surface area (Å²) >= 11 is 0. The number of hydrogen-bond acceptors (Lipinski definition) is 6. The highest BCUT2D eigenvalue weighted by Gasteiger charge is 2.24. The lowest BCUT2D eigenvalue weighted by Crippen LogP contribution is -2.28. The maximum absolute atomic E-state index is 14.2. The molecule has 0 saturated carbocycles. The first-order chi connectivity index (χ1) is 15.6. The molecule has 2 N–H and O–H groups in total. The fourth-order valence-electron chi connectivity index (χ4n) is 3.82. The van der Waals surface area contributed by atoms with Crippen molar-refractivity contribution in [3.63, 3.8) is 0 Å². The van der Waals surface area contributed by atoms with Gasteiger partial charge in [-0.05, 0) is 60.2 Å². The molecular weight excluding hydrogens is 452 g/mol. The number of nitrogens with one attached hydrogen (secondary N) is 1. The topological polar surface area (TPSA) is 99.6 Å². The molecule has 2 aromatic rings. The van der Waals surface area contributed by atoms with E-state index in [0.717, 1.165) is 28.2 Å². The van der Waals surface area contributed by atoms with E-state index in [2.05, 4.69) is 11.6 Å². The molecule has 1 heterocycles. The van der Waals surface area contributed by atoms with Crippen LogP contribution in [0.3, 0.4) is 0 Å². The predicted molar refractivity (Wildman–Crippen MR) is 120 cm³/mol. The third-order valence-electron chi connectivity index (χ3n) is 5.53. The number of amides is 1. The van der Waals surface area contributed by atoms with Crippen molar-refractivity contribution in [1.29, 1.82) is 0 Å². The quantitative estimate of drug-likeness (QED) is 0.426. The molecule has 0 bridgehead atoms. The predicted octanol–water partition coefficient (Wildman–Crippen LogP) is 2.77. The molecule has 176 valence electrons.